The van der Waals surface area contributed by atoms with Gasteiger partial charge in [0.2, 0.25) is 5.91 Å². The number of carbonyl (C=O) groups excluding carboxylic acids is 1. The van der Waals surface area contributed by atoms with E-state index in [0.29, 0.717) is 13.0 Å². The second-order valence-electron chi connectivity index (χ2n) is 7.83. The molecule has 0 bridgehead atoms. The Kier molecular flexibility index (Phi) is 6.52. The molecule has 0 spiro atoms. The third-order valence-corrected chi connectivity index (χ3v) is 5.85. The molecule has 160 valence electrons. The zero-order chi connectivity index (χ0) is 20.9. The summed E-state index contributed by atoms with van der Waals surface area (Å²) in [5.74, 6) is 0.922. The van der Waals surface area contributed by atoms with Crippen LogP contribution in [-0.2, 0) is 16.1 Å². The number of para-hydroxylation sites is 1. The lowest BCUT2D eigenvalue weighted by molar-refractivity contribution is -0.132. The van der Waals surface area contributed by atoms with E-state index < -0.39 is 0 Å². The van der Waals surface area contributed by atoms with Crippen LogP contribution >= 0.6 is 0 Å². The SMILES string of the molecule is COc1ccc(C2CC(C(=O)N(C)Cc3ccccc3N3CCOCC3)NN2)cc1. The van der Waals surface area contributed by atoms with E-state index in [4.69, 9.17) is 9.47 Å². The monoisotopic (exact) mass is 410 g/mol. The summed E-state index contributed by atoms with van der Waals surface area (Å²) in [6.07, 6.45) is 0.709. The standard InChI is InChI=1S/C23H30N4O3/c1-26(16-18-5-3-4-6-22(18)27-11-13-30-14-12-27)23(28)21-15-20(24-25-21)17-7-9-19(29-2)10-8-17/h3-10,20-21,24-25H,11-16H2,1-2H3. The van der Waals surface area contributed by atoms with Gasteiger partial charge in [-0.1, -0.05) is 30.3 Å². The maximum Gasteiger partial charge on any atom is 0.241 e. The van der Waals surface area contributed by atoms with Gasteiger partial charge in [-0.2, -0.15) is 0 Å². The van der Waals surface area contributed by atoms with Crippen molar-refractivity contribution in [2.24, 2.45) is 0 Å². The fourth-order valence-corrected chi connectivity index (χ4v) is 4.13. The van der Waals surface area contributed by atoms with E-state index in [1.54, 1.807) is 7.11 Å². The van der Waals surface area contributed by atoms with Crippen LogP contribution in [0.2, 0.25) is 0 Å². The molecule has 0 radical (unpaired) electrons. The zero-order valence-electron chi connectivity index (χ0n) is 17.6. The maximum atomic E-state index is 13.1. The summed E-state index contributed by atoms with van der Waals surface area (Å²) in [6.45, 7) is 3.83. The summed E-state index contributed by atoms with van der Waals surface area (Å²) < 4.78 is 10.7. The summed E-state index contributed by atoms with van der Waals surface area (Å²) in [5.41, 5.74) is 9.93. The zero-order valence-corrected chi connectivity index (χ0v) is 17.6. The van der Waals surface area contributed by atoms with Crippen LogP contribution in [0.5, 0.6) is 5.75 Å². The molecule has 1 amide bonds. The first-order chi connectivity index (χ1) is 14.7. The highest BCUT2D eigenvalue weighted by Gasteiger charge is 2.32. The molecule has 30 heavy (non-hydrogen) atoms. The largest absolute Gasteiger partial charge is 0.497 e. The molecular formula is C23H30N4O3. The number of rotatable bonds is 6. The first kappa shape index (κ1) is 20.7. The Labute approximate surface area is 177 Å². The van der Waals surface area contributed by atoms with E-state index >= 15 is 0 Å². The summed E-state index contributed by atoms with van der Waals surface area (Å²) in [4.78, 5) is 17.2. The third-order valence-electron chi connectivity index (χ3n) is 5.85. The van der Waals surface area contributed by atoms with Crippen molar-refractivity contribution >= 4 is 11.6 Å². The Hall–Kier alpha value is -2.61. The van der Waals surface area contributed by atoms with Gasteiger partial charge in [-0.25, -0.2) is 10.9 Å². The van der Waals surface area contributed by atoms with Crippen LogP contribution in [0.3, 0.4) is 0 Å². The molecule has 2 aromatic carbocycles. The number of nitrogens with one attached hydrogen (secondary N) is 2. The molecule has 7 heteroatoms. The summed E-state index contributed by atoms with van der Waals surface area (Å²) >= 11 is 0. The van der Waals surface area contributed by atoms with Gasteiger partial charge in [-0.05, 0) is 35.7 Å². The molecule has 2 saturated heterocycles. The number of likely N-dealkylation sites (N-methyl/N-ethyl adjacent to an activating group) is 1. The molecule has 2 aliphatic rings. The minimum absolute atomic E-state index is 0.0929. The quantitative estimate of drug-likeness (QED) is 0.760. The van der Waals surface area contributed by atoms with Crippen molar-refractivity contribution in [3.05, 3.63) is 59.7 Å². The molecule has 2 aliphatic heterocycles. The van der Waals surface area contributed by atoms with Crippen LogP contribution in [-0.4, -0.2) is 57.3 Å². The highest BCUT2D eigenvalue weighted by molar-refractivity contribution is 5.82. The summed E-state index contributed by atoms with van der Waals surface area (Å²) in [6, 6.07) is 16.1. The van der Waals surface area contributed by atoms with Crippen molar-refractivity contribution in [3.8, 4) is 5.75 Å². The van der Waals surface area contributed by atoms with Gasteiger partial charge < -0.3 is 19.3 Å². The van der Waals surface area contributed by atoms with E-state index in [1.807, 2.05) is 42.3 Å². The minimum Gasteiger partial charge on any atom is -0.497 e. The second-order valence-corrected chi connectivity index (χ2v) is 7.83. The number of amides is 1. The summed E-state index contributed by atoms with van der Waals surface area (Å²) in [7, 11) is 3.53. The van der Waals surface area contributed by atoms with Gasteiger partial charge in [0.05, 0.1) is 20.3 Å². The number of morpholine rings is 1. The van der Waals surface area contributed by atoms with Crippen LogP contribution in [0.4, 0.5) is 5.69 Å². The fourth-order valence-electron chi connectivity index (χ4n) is 4.13. The Morgan fingerprint density at radius 3 is 2.60 bits per heavy atom. The smallest absolute Gasteiger partial charge is 0.241 e. The number of ether oxygens (including phenoxy) is 2. The highest BCUT2D eigenvalue weighted by atomic mass is 16.5. The Morgan fingerprint density at radius 1 is 1.13 bits per heavy atom. The van der Waals surface area contributed by atoms with Crippen LogP contribution in [0.15, 0.2) is 48.5 Å². The van der Waals surface area contributed by atoms with Crippen molar-refractivity contribution in [2.75, 3.05) is 45.4 Å². The molecular weight excluding hydrogens is 380 g/mol. The number of benzene rings is 2. The molecule has 2 heterocycles. The van der Waals surface area contributed by atoms with Gasteiger partial charge in [0, 0.05) is 38.4 Å². The lowest BCUT2D eigenvalue weighted by atomic mass is 10.0. The molecule has 2 N–H and O–H groups in total. The minimum atomic E-state index is -0.252. The van der Waals surface area contributed by atoms with Crippen molar-refractivity contribution in [2.45, 2.75) is 25.0 Å². The number of hydrazine groups is 1. The normalized spacial score (nSPS) is 21.5. The van der Waals surface area contributed by atoms with Gasteiger partial charge in [0.25, 0.3) is 0 Å². The predicted octanol–water partition coefficient (Wildman–Crippen LogP) is 2.10. The van der Waals surface area contributed by atoms with E-state index in [2.05, 4.69) is 34.0 Å². The van der Waals surface area contributed by atoms with Crippen molar-refractivity contribution in [1.29, 1.82) is 0 Å². The number of carbonyl (C=O) groups is 1. The van der Waals surface area contributed by atoms with Crippen LogP contribution < -0.4 is 20.5 Å². The number of anilines is 1. The van der Waals surface area contributed by atoms with Gasteiger partial charge >= 0.3 is 0 Å². The van der Waals surface area contributed by atoms with Crippen LogP contribution in [0.25, 0.3) is 0 Å². The average molecular weight is 411 g/mol. The Balaban J connectivity index is 1.38. The topological polar surface area (TPSA) is 66.1 Å². The van der Waals surface area contributed by atoms with Crippen molar-refractivity contribution in [1.82, 2.24) is 15.8 Å². The fraction of sp³-hybridized carbons (Fsp3) is 0.435. The summed E-state index contributed by atoms with van der Waals surface area (Å²) in [5, 5.41) is 0. The Bertz CT molecular complexity index is 852. The first-order valence-electron chi connectivity index (χ1n) is 10.5. The second kappa shape index (κ2) is 9.47. The van der Waals surface area contributed by atoms with E-state index in [1.165, 1.54) is 5.69 Å². The molecule has 2 atom stereocenters. The molecule has 0 aliphatic carbocycles. The number of nitrogens with zero attached hydrogens (tertiary/aromatic N) is 2. The van der Waals surface area contributed by atoms with Crippen molar-refractivity contribution in [3.63, 3.8) is 0 Å². The number of methoxy groups -OCH3 is 1. The van der Waals surface area contributed by atoms with Gasteiger partial charge in [-0.15, -0.1) is 0 Å². The maximum absolute atomic E-state index is 13.1. The number of hydrogen-bond donors (Lipinski definition) is 2. The van der Waals surface area contributed by atoms with Crippen LogP contribution in [0, 0.1) is 0 Å². The molecule has 0 saturated carbocycles. The highest BCUT2D eigenvalue weighted by Crippen LogP contribution is 2.26. The lowest BCUT2D eigenvalue weighted by Crippen LogP contribution is -2.44. The molecule has 7 nitrogen and oxygen atoms in total. The third kappa shape index (κ3) is 4.59. The molecule has 4 rings (SSSR count). The van der Waals surface area contributed by atoms with E-state index in [0.717, 1.165) is 43.2 Å². The number of hydrogen-bond acceptors (Lipinski definition) is 6. The van der Waals surface area contributed by atoms with E-state index in [9.17, 15) is 4.79 Å². The molecule has 2 aromatic rings. The Morgan fingerprint density at radius 2 is 1.87 bits per heavy atom. The molecule has 2 fully saturated rings. The van der Waals surface area contributed by atoms with Crippen LogP contribution in [0.1, 0.15) is 23.6 Å². The van der Waals surface area contributed by atoms with E-state index in [-0.39, 0.29) is 18.0 Å². The average Bonchev–Trinajstić information content (AvgIpc) is 3.30. The van der Waals surface area contributed by atoms with Gasteiger partial charge in [0.1, 0.15) is 11.8 Å². The first-order valence-corrected chi connectivity index (χ1v) is 10.5. The predicted molar refractivity (Wildman–Crippen MR) is 116 cm³/mol. The van der Waals surface area contributed by atoms with Crippen molar-refractivity contribution < 1.29 is 14.3 Å². The molecule has 0 aromatic heterocycles. The van der Waals surface area contributed by atoms with Gasteiger partial charge in [-0.3, -0.25) is 4.79 Å². The van der Waals surface area contributed by atoms with Gasteiger partial charge in [0.15, 0.2) is 0 Å². The lowest BCUT2D eigenvalue weighted by Gasteiger charge is -2.31. The molecule has 2 unspecified atom stereocenters.